The molecule has 0 spiro atoms. The van der Waals surface area contributed by atoms with Crippen LogP contribution in [0, 0.1) is 17.1 Å². The summed E-state index contributed by atoms with van der Waals surface area (Å²) in [6.07, 6.45) is 3.30. The van der Waals surface area contributed by atoms with Crippen LogP contribution in [-0.4, -0.2) is 23.6 Å². The molecule has 0 unspecified atom stereocenters. The zero-order valence-corrected chi connectivity index (χ0v) is 13.1. The van der Waals surface area contributed by atoms with Crippen LogP contribution in [0.5, 0.6) is 0 Å². The number of carbonyl (C=O) groups is 1. The fourth-order valence-electron chi connectivity index (χ4n) is 3.12. The lowest BCUT2D eigenvalue weighted by atomic mass is 10.1. The van der Waals surface area contributed by atoms with Gasteiger partial charge in [-0.15, -0.1) is 0 Å². The van der Waals surface area contributed by atoms with E-state index in [9.17, 15) is 14.4 Å². The molecule has 6 heteroatoms. The summed E-state index contributed by atoms with van der Waals surface area (Å²) in [4.78, 5) is 20.0. The van der Waals surface area contributed by atoms with Gasteiger partial charge < -0.3 is 0 Å². The van der Waals surface area contributed by atoms with Crippen molar-refractivity contribution in [2.24, 2.45) is 0 Å². The van der Waals surface area contributed by atoms with E-state index in [0.29, 0.717) is 11.4 Å². The van der Waals surface area contributed by atoms with Gasteiger partial charge in [0.25, 0.3) is 0 Å². The van der Waals surface area contributed by atoms with Gasteiger partial charge in [0, 0.05) is 22.7 Å². The van der Waals surface area contributed by atoms with E-state index in [2.05, 4.69) is 11.1 Å². The Labute approximate surface area is 143 Å². The highest BCUT2D eigenvalue weighted by atomic mass is 19.1. The molecular weight excluding hydrogens is 319 g/mol. The molecule has 3 aromatic rings. The van der Waals surface area contributed by atoms with E-state index in [4.69, 9.17) is 0 Å². The molecule has 5 nitrogen and oxygen atoms in total. The van der Waals surface area contributed by atoms with Crippen LogP contribution >= 0.6 is 0 Å². The second kappa shape index (κ2) is 5.87. The van der Waals surface area contributed by atoms with Crippen molar-refractivity contribution in [2.45, 2.75) is 6.04 Å². The fraction of sp³-hybridized carbons (Fsp3) is 0.105. The summed E-state index contributed by atoms with van der Waals surface area (Å²) < 4.78 is 13.5. The molecule has 2 aromatic carbocycles. The first-order valence-corrected chi connectivity index (χ1v) is 7.77. The summed E-state index contributed by atoms with van der Waals surface area (Å²) in [6, 6.07) is 14.5. The maximum Gasteiger partial charge on any atom is 0.330 e. The quantitative estimate of drug-likeness (QED) is 0.719. The van der Waals surface area contributed by atoms with Gasteiger partial charge in [-0.3, -0.25) is 14.8 Å². The molecule has 1 fully saturated rings. The number of pyridine rings is 1. The Hall–Kier alpha value is -3.46. The molecule has 0 bridgehead atoms. The molecule has 122 valence electrons. The lowest BCUT2D eigenvalue weighted by Gasteiger charge is -2.21. The molecule has 0 saturated carbocycles. The van der Waals surface area contributed by atoms with Crippen LogP contribution in [0.2, 0.25) is 0 Å². The molecule has 2 amide bonds. The molecule has 1 aromatic heterocycles. The van der Waals surface area contributed by atoms with Crippen molar-refractivity contribution < 1.29 is 9.18 Å². The number of anilines is 2. The SMILES string of the molecule is N#C[C@H]1CN(c2cccc(F)c2)C(=O)N1c1cncc2ccccc12. The van der Waals surface area contributed by atoms with Crippen molar-refractivity contribution in [1.82, 2.24) is 4.98 Å². The number of rotatable bonds is 2. The minimum atomic E-state index is -0.677. The number of halogens is 1. The number of fused-ring (bicyclic) bond motifs is 1. The molecular formula is C19H13FN4O. The zero-order chi connectivity index (χ0) is 17.4. The number of benzene rings is 2. The highest BCUT2D eigenvalue weighted by molar-refractivity contribution is 6.11. The van der Waals surface area contributed by atoms with Crippen LogP contribution in [0.1, 0.15) is 0 Å². The number of urea groups is 1. The third kappa shape index (κ3) is 2.46. The third-order valence-electron chi connectivity index (χ3n) is 4.28. The number of nitriles is 1. The molecule has 25 heavy (non-hydrogen) atoms. The van der Waals surface area contributed by atoms with E-state index in [-0.39, 0.29) is 12.6 Å². The van der Waals surface area contributed by atoms with Crippen LogP contribution in [-0.2, 0) is 0 Å². The summed E-state index contributed by atoms with van der Waals surface area (Å²) in [5, 5.41) is 11.3. The van der Waals surface area contributed by atoms with Crippen LogP contribution in [0.4, 0.5) is 20.6 Å². The van der Waals surface area contributed by atoms with Crippen molar-refractivity contribution in [1.29, 1.82) is 5.26 Å². The molecule has 1 aliphatic heterocycles. The number of hydrogen-bond donors (Lipinski definition) is 0. The third-order valence-corrected chi connectivity index (χ3v) is 4.28. The van der Waals surface area contributed by atoms with E-state index < -0.39 is 11.9 Å². The lowest BCUT2D eigenvalue weighted by Crippen LogP contribution is -2.34. The molecule has 1 saturated heterocycles. The van der Waals surface area contributed by atoms with E-state index in [1.54, 1.807) is 24.5 Å². The summed E-state index contributed by atoms with van der Waals surface area (Å²) in [5.41, 5.74) is 1.01. The first-order valence-electron chi connectivity index (χ1n) is 7.77. The zero-order valence-electron chi connectivity index (χ0n) is 13.1. The van der Waals surface area contributed by atoms with Crippen LogP contribution in [0.3, 0.4) is 0 Å². The average molecular weight is 332 g/mol. The predicted octanol–water partition coefficient (Wildman–Crippen LogP) is 3.71. The van der Waals surface area contributed by atoms with Crippen molar-refractivity contribution in [2.75, 3.05) is 16.3 Å². The van der Waals surface area contributed by atoms with Crippen molar-refractivity contribution in [3.05, 3.63) is 66.7 Å². The molecule has 4 rings (SSSR count). The van der Waals surface area contributed by atoms with E-state index in [1.165, 1.54) is 21.9 Å². The fourth-order valence-corrected chi connectivity index (χ4v) is 3.12. The average Bonchev–Trinajstić information content (AvgIpc) is 2.97. The Morgan fingerprint density at radius 3 is 2.80 bits per heavy atom. The first-order chi connectivity index (χ1) is 12.2. The van der Waals surface area contributed by atoms with Crippen LogP contribution < -0.4 is 9.80 Å². The second-order valence-corrected chi connectivity index (χ2v) is 5.77. The van der Waals surface area contributed by atoms with Gasteiger partial charge in [-0.05, 0) is 18.2 Å². The maximum absolute atomic E-state index is 13.5. The Bertz CT molecular complexity index is 1010. The van der Waals surface area contributed by atoms with Crippen molar-refractivity contribution in [3.8, 4) is 6.07 Å². The predicted molar refractivity (Wildman–Crippen MR) is 92.8 cm³/mol. The summed E-state index contributed by atoms with van der Waals surface area (Å²) in [6.45, 7) is 0.169. The Morgan fingerprint density at radius 2 is 2.00 bits per heavy atom. The number of nitrogens with zero attached hydrogens (tertiary/aromatic N) is 4. The number of hydrogen-bond acceptors (Lipinski definition) is 3. The first kappa shape index (κ1) is 15.1. The highest BCUT2D eigenvalue weighted by Gasteiger charge is 2.40. The highest BCUT2D eigenvalue weighted by Crippen LogP contribution is 2.33. The van der Waals surface area contributed by atoms with E-state index in [1.807, 2.05) is 24.3 Å². The van der Waals surface area contributed by atoms with Gasteiger partial charge in [-0.1, -0.05) is 30.3 Å². The van der Waals surface area contributed by atoms with Crippen LogP contribution in [0.25, 0.3) is 10.8 Å². The van der Waals surface area contributed by atoms with Gasteiger partial charge in [0.05, 0.1) is 24.5 Å². The minimum absolute atomic E-state index is 0.169. The van der Waals surface area contributed by atoms with Crippen molar-refractivity contribution in [3.63, 3.8) is 0 Å². The number of carbonyl (C=O) groups excluding carboxylic acids is 1. The Balaban J connectivity index is 1.81. The maximum atomic E-state index is 13.5. The van der Waals surface area contributed by atoms with Crippen LogP contribution in [0.15, 0.2) is 60.9 Å². The minimum Gasteiger partial charge on any atom is -0.291 e. The standard InChI is InChI=1S/C19H13FN4O/c20-14-5-3-6-15(8-14)23-12-16(9-21)24(19(23)25)18-11-22-10-13-4-1-2-7-17(13)18/h1-8,10-11,16H,12H2/t16-/m0/s1. The van der Waals surface area contributed by atoms with Gasteiger partial charge in [-0.2, -0.15) is 5.26 Å². The molecule has 0 N–H and O–H groups in total. The summed E-state index contributed by atoms with van der Waals surface area (Å²) in [7, 11) is 0. The smallest absolute Gasteiger partial charge is 0.291 e. The molecule has 0 radical (unpaired) electrons. The Kier molecular flexibility index (Phi) is 3.55. The molecule has 2 heterocycles. The number of aromatic nitrogens is 1. The molecule has 1 atom stereocenters. The topological polar surface area (TPSA) is 60.2 Å². The Morgan fingerprint density at radius 1 is 1.16 bits per heavy atom. The molecule has 1 aliphatic rings. The summed E-state index contributed by atoms with van der Waals surface area (Å²) in [5.74, 6) is -0.427. The van der Waals surface area contributed by atoms with Gasteiger partial charge >= 0.3 is 6.03 Å². The summed E-state index contributed by atoms with van der Waals surface area (Å²) >= 11 is 0. The van der Waals surface area contributed by atoms with Gasteiger partial charge in [0.1, 0.15) is 11.9 Å². The van der Waals surface area contributed by atoms with E-state index >= 15 is 0 Å². The monoisotopic (exact) mass is 332 g/mol. The molecule has 0 aliphatic carbocycles. The van der Waals surface area contributed by atoms with E-state index in [0.717, 1.165) is 10.8 Å². The lowest BCUT2D eigenvalue weighted by molar-refractivity contribution is 0.255. The number of amides is 2. The van der Waals surface area contributed by atoms with Gasteiger partial charge in [0.2, 0.25) is 0 Å². The van der Waals surface area contributed by atoms with Gasteiger partial charge in [0.15, 0.2) is 0 Å². The largest absolute Gasteiger partial charge is 0.330 e. The normalized spacial score (nSPS) is 17.1. The second-order valence-electron chi connectivity index (χ2n) is 5.77. The van der Waals surface area contributed by atoms with Crippen molar-refractivity contribution >= 4 is 28.2 Å². The van der Waals surface area contributed by atoms with Gasteiger partial charge in [-0.25, -0.2) is 9.18 Å².